The van der Waals surface area contributed by atoms with Crippen LogP contribution in [0.25, 0.3) is 10.9 Å². The van der Waals surface area contributed by atoms with Gasteiger partial charge in [0.05, 0.1) is 24.0 Å². The van der Waals surface area contributed by atoms with Gasteiger partial charge in [0.25, 0.3) is 0 Å². The van der Waals surface area contributed by atoms with E-state index in [-0.39, 0.29) is 17.9 Å². The average Bonchev–Trinajstić information content (AvgIpc) is 3.09. The van der Waals surface area contributed by atoms with Gasteiger partial charge in [0.2, 0.25) is 5.91 Å². The van der Waals surface area contributed by atoms with E-state index >= 15 is 0 Å². The van der Waals surface area contributed by atoms with Crippen molar-refractivity contribution in [1.82, 2.24) is 4.98 Å². The Morgan fingerprint density at radius 1 is 1.16 bits per heavy atom. The molecule has 0 spiro atoms. The lowest BCUT2D eigenvalue weighted by atomic mass is 9.81. The number of fused-ring (bicyclic) bond motifs is 1. The molecular formula is C23H23F3N2O3. The number of alkyl halides is 3. The Bertz CT molecular complexity index is 1050. The molecule has 8 heteroatoms. The maximum Gasteiger partial charge on any atom is 0.416 e. The van der Waals surface area contributed by atoms with Crippen molar-refractivity contribution in [3.05, 3.63) is 59.8 Å². The van der Waals surface area contributed by atoms with Crippen LogP contribution in [0.15, 0.2) is 48.7 Å². The molecule has 4 rings (SSSR count). The molecule has 0 aliphatic heterocycles. The summed E-state index contributed by atoms with van der Waals surface area (Å²) < 4.78 is 48.7. The Kier molecular flexibility index (Phi) is 5.91. The first-order valence-electron chi connectivity index (χ1n) is 10.1. The number of rotatable bonds is 7. The van der Waals surface area contributed by atoms with Crippen molar-refractivity contribution in [1.29, 1.82) is 0 Å². The molecule has 1 saturated carbocycles. The smallest absolute Gasteiger partial charge is 0.416 e. The summed E-state index contributed by atoms with van der Waals surface area (Å²) in [4.78, 5) is 15.6. The summed E-state index contributed by atoms with van der Waals surface area (Å²) in [5.74, 6) is 0.346. The lowest BCUT2D eigenvalue weighted by molar-refractivity contribution is -0.137. The molecule has 5 nitrogen and oxygen atoms in total. The number of aromatic amines is 1. The first kappa shape index (κ1) is 21.2. The molecule has 1 aliphatic rings. The Labute approximate surface area is 177 Å². The predicted molar refractivity (Wildman–Crippen MR) is 111 cm³/mol. The van der Waals surface area contributed by atoms with E-state index in [1.807, 2.05) is 18.2 Å². The molecule has 1 heterocycles. The minimum Gasteiger partial charge on any atom is -0.493 e. The molecule has 0 atom stereocenters. The van der Waals surface area contributed by atoms with Gasteiger partial charge in [0.15, 0.2) is 0 Å². The number of carbonyl (C=O) groups excluding carboxylic acids is 1. The maximum absolute atomic E-state index is 12.6. The molecule has 0 unspecified atom stereocenters. The van der Waals surface area contributed by atoms with Crippen LogP contribution < -0.4 is 10.1 Å². The van der Waals surface area contributed by atoms with Crippen molar-refractivity contribution in [3.63, 3.8) is 0 Å². The zero-order chi connectivity index (χ0) is 22.0. The third kappa shape index (κ3) is 4.85. The van der Waals surface area contributed by atoms with E-state index < -0.39 is 11.7 Å². The summed E-state index contributed by atoms with van der Waals surface area (Å²) in [5, 5.41) is 3.89. The van der Waals surface area contributed by atoms with Crippen molar-refractivity contribution < 1.29 is 27.4 Å². The van der Waals surface area contributed by atoms with Gasteiger partial charge < -0.3 is 19.8 Å². The van der Waals surface area contributed by atoms with Gasteiger partial charge in [-0.1, -0.05) is 6.07 Å². The van der Waals surface area contributed by atoms with Gasteiger partial charge in [-0.25, -0.2) is 0 Å². The number of amides is 1. The second kappa shape index (κ2) is 8.63. The summed E-state index contributed by atoms with van der Waals surface area (Å²) in [6, 6.07) is 10.5. The molecule has 1 aliphatic carbocycles. The summed E-state index contributed by atoms with van der Waals surface area (Å²) >= 11 is 0. The molecule has 1 amide bonds. The quantitative estimate of drug-likeness (QED) is 0.541. The molecule has 0 radical (unpaired) electrons. The number of benzene rings is 2. The van der Waals surface area contributed by atoms with Gasteiger partial charge in [0, 0.05) is 36.5 Å². The fraction of sp³-hybridized carbons (Fsp3) is 0.348. The summed E-state index contributed by atoms with van der Waals surface area (Å²) in [5.41, 5.74) is 1.93. The fourth-order valence-corrected chi connectivity index (χ4v) is 3.66. The van der Waals surface area contributed by atoms with Gasteiger partial charge in [-0.2, -0.15) is 13.2 Å². The van der Waals surface area contributed by atoms with Crippen LogP contribution in [0.1, 0.15) is 24.0 Å². The second-order valence-corrected chi connectivity index (χ2v) is 7.72. The van der Waals surface area contributed by atoms with Gasteiger partial charge in [-0.3, -0.25) is 4.79 Å². The van der Waals surface area contributed by atoms with Crippen LogP contribution in [0.4, 0.5) is 18.9 Å². The van der Waals surface area contributed by atoms with E-state index in [1.54, 1.807) is 13.3 Å². The zero-order valence-corrected chi connectivity index (χ0v) is 17.0. The molecule has 164 valence electrons. The summed E-state index contributed by atoms with van der Waals surface area (Å²) in [6.07, 6.45) is -0.378. The number of hydrogen-bond donors (Lipinski definition) is 2. The van der Waals surface area contributed by atoms with Crippen molar-refractivity contribution in [2.45, 2.75) is 31.5 Å². The van der Waals surface area contributed by atoms with Gasteiger partial charge in [-0.15, -0.1) is 0 Å². The third-order valence-corrected chi connectivity index (χ3v) is 5.64. The van der Waals surface area contributed by atoms with Crippen LogP contribution in [0.5, 0.6) is 5.75 Å². The van der Waals surface area contributed by atoms with E-state index in [0.29, 0.717) is 18.8 Å². The highest BCUT2D eigenvalue weighted by atomic mass is 19.4. The largest absolute Gasteiger partial charge is 0.493 e. The number of aromatic nitrogens is 1. The molecule has 2 aromatic carbocycles. The van der Waals surface area contributed by atoms with Gasteiger partial charge in [0.1, 0.15) is 5.75 Å². The Hall–Kier alpha value is -3.00. The second-order valence-electron chi connectivity index (χ2n) is 7.72. The number of hydrogen-bond acceptors (Lipinski definition) is 3. The molecule has 31 heavy (non-hydrogen) atoms. The highest BCUT2D eigenvalue weighted by molar-refractivity contribution is 6.02. The highest BCUT2D eigenvalue weighted by Gasteiger charge is 2.34. The Balaban J connectivity index is 1.35. The number of carbonyl (C=O) groups is 1. The first-order valence-corrected chi connectivity index (χ1v) is 10.1. The van der Waals surface area contributed by atoms with E-state index in [1.165, 1.54) is 12.1 Å². The molecule has 2 N–H and O–H groups in total. The molecule has 3 aromatic rings. The third-order valence-electron chi connectivity index (χ3n) is 5.64. The minimum atomic E-state index is -4.36. The van der Waals surface area contributed by atoms with E-state index in [0.717, 1.165) is 47.1 Å². The van der Waals surface area contributed by atoms with E-state index in [9.17, 15) is 18.0 Å². The molecule has 0 bridgehead atoms. The average molecular weight is 432 g/mol. The fourth-order valence-electron chi connectivity index (χ4n) is 3.66. The van der Waals surface area contributed by atoms with Gasteiger partial charge >= 0.3 is 6.18 Å². The number of methoxy groups -OCH3 is 1. The highest BCUT2D eigenvalue weighted by Crippen LogP contribution is 2.32. The standard InChI is InChI=1S/C23H23F3N2O3/c1-30-18-11-15(12-18)22(29)28-21-13-27-20-7-2-14(10-19(20)21)8-9-31-17-5-3-16(4-6-17)23(24,25)26/h2-7,10,13,15,18,27H,8-9,11-12H2,1H3,(H,28,29)/t15-,18+. The van der Waals surface area contributed by atoms with Crippen LogP contribution in [-0.4, -0.2) is 30.7 Å². The molecular weight excluding hydrogens is 409 g/mol. The molecule has 1 aromatic heterocycles. The molecule has 0 saturated heterocycles. The summed E-state index contributed by atoms with van der Waals surface area (Å²) in [7, 11) is 1.65. The predicted octanol–water partition coefficient (Wildman–Crippen LogP) is 5.17. The maximum atomic E-state index is 12.6. The lowest BCUT2D eigenvalue weighted by Gasteiger charge is -2.32. The van der Waals surface area contributed by atoms with Crippen LogP contribution >= 0.6 is 0 Å². The summed E-state index contributed by atoms with van der Waals surface area (Å²) in [6.45, 7) is 0.323. The van der Waals surface area contributed by atoms with E-state index in [4.69, 9.17) is 9.47 Å². The Morgan fingerprint density at radius 2 is 1.90 bits per heavy atom. The van der Waals surface area contributed by atoms with Crippen LogP contribution in [0.3, 0.4) is 0 Å². The van der Waals surface area contributed by atoms with Crippen molar-refractivity contribution in [2.24, 2.45) is 5.92 Å². The Morgan fingerprint density at radius 3 is 2.58 bits per heavy atom. The van der Waals surface area contributed by atoms with Crippen LogP contribution in [-0.2, 0) is 22.1 Å². The van der Waals surface area contributed by atoms with E-state index in [2.05, 4.69) is 10.3 Å². The SMILES string of the molecule is CO[C@H]1C[C@@H](C(=O)Nc2c[nH]c3ccc(CCOc4ccc(C(F)(F)F)cc4)cc23)C1. The number of nitrogens with one attached hydrogen (secondary N) is 2. The van der Waals surface area contributed by atoms with Gasteiger partial charge in [-0.05, 0) is 54.8 Å². The zero-order valence-electron chi connectivity index (χ0n) is 17.0. The topological polar surface area (TPSA) is 63.3 Å². The lowest BCUT2D eigenvalue weighted by Crippen LogP contribution is -2.38. The minimum absolute atomic E-state index is 0.00904. The monoisotopic (exact) mass is 432 g/mol. The number of anilines is 1. The van der Waals surface area contributed by atoms with Crippen molar-refractivity contribution in [3.8, 4) is 5.75 Å². The number of ether oxygens (including phenoxy) is 2. The normalized spacial score (nSPS) is 18.6. The van der Waals surface area contributed by atoms with Crippen molar-refractivity contribution in [2.75, 3.05) is 19.0 Å². The number of H-pyrrole nitrogens is 1. The molecule has 1 fully saturated rings. The van der Waals surface area contributed by atoms with Crippen LogP contribution in [0, 0.1) is 5.92 Å². The van der Waals surface area contributed by atoms with Crippen molar-refractivity contribution >= 4 is 22.5 Å². The van der Waals surface area contributed by atoms with Crippen LogP contribution in [0.2, 0.25) is 0 Å². The number of halogens is 3. The first-order chi connectivity index (χ1) is 14.8.